The number of nitrogens with zero attached hydrogens (tertiary/aromatic N) is 1. The van der Waals surface area contributed by atoms with Gasteiger partial charge >= 0.3 is 0 Å². The van der Waals surface area contributed by atoms with Gasteiger partial charge in [0.1, 0.15) is 11.6 Å². The summed E-state index contributed by atoms with van der Waals surface area (Å²) in [5.41, 5.74) is 2.90. The van der Waals surface area contributed by atoms with Gasteiger partial charge in [-0.25, -0.2) is 4.39 Å². The van der Waals surface area contributed by atoms with E-state index in [1.807, 2.05) is 19.1 Å². The summed E-state index contributed by atoms with van der Waals surface area (Å²) in [5, 5.41) is 6.51. The summed E-state index contributed by atoms with van der Waals surface area (Å²) < 4.78 is 24.7. The Bertz CT molecular complexity index is 771. The molecular weight excluding hydrogens is 484 g/mol. The fourth-order valence-electron chi connectivity index (χ4n) is 2.74. The molecule has 160 valence electrons. The Morgan fingerprint density at radius 1 is 1.07 bits per heavy atom. The molecule has 29 heavy (non-hydrogen) atoms. The van der Waals surface area contributed by atoms with Gasteiger partial charge in [-0.1, -0.05) is 30.3 Å². The van der Waals surface area contributed by atoms with E-state index in [0.29, 0.717) is 44.2 Å². The fraction of sp³-hybridized carbons (Fsp3) is 0.409. The van der Waals surface area contributed by atoms with Crippen LogP contribution in [0.1, 0.15) is 23.1 Å². The van der Waals surface area contributed by atoms with E-state index in [1.54, 1.807) is 26.3 Å². The Morgan fingerprint density at radius 3 is 2.59 bits per heavy atom. The third-order valence-corrected chi connectivity index (χ3v) is 4.29. The molecule has 0 aliphatic carbocycles. The maximum absolute atomic E-state index is 13.7. The molecule has 0 fully saturated rings. The molecule has 0 saturated heterocycles. The van der Waals surface area contributed by atoms with Crippen LogP contribution in [0, 0.1) is 12.7 Å². The second-order valence-corrected chi connectivity index (χ2v) is 6.50. The summed E-state index contributed by atoms with van der Waals surface area (Å²) in [4.78, 5) is 4.23. The molecule has 0 saturated carbocycles. The first-order valence-electron chi connectivity index (χ1n) is 9.53. The molecule has 0 heterocycles. The molecule has 0 unspecified atom stereocenters. The van der Waals surface area contributed by atoms with Crippen LogP contribution in [0.3, 0.4) is 0 Å². The van der Waals surface area contributed by atoms with Crippen molar-refractivity contribution in [1.29, 1.82) is 0 Å². The minimum absolute atomic E-state index is 0. The van der Waals surface area contributed by atoms with Crippen LogP contribution in [-0.2, 0) is 17.7 Å². The highest BCUT2D eigenvalue weighted by molar-refractivity contribution is 14.0. The standard InChI is InChI=1S/C22H30FN3O2.HI/c1-17-9-10-19(21(15-17)28-14-6-13-27-3)16-26-22(24-2)25-12-11-18-7-4-5-8-20(18)23;/h4-5,7-10,15H,6,11-14,16H2,1-3H3,(H2,24,25,26);1H. The van der Waals surface area contributed by atoms with E-state index >= 15 is 0 Å². The first kappa shape index (κ1) is 25.2. The summed E-state index contributed by atoms with van der Waals surface area (Å²) in [6.07, 6.45) is 1.43. The molecule has 0 atom stereocenters. The van der Waals surface area contributed by atoms with Crippen LogP contribution < -0.4 is 15.4 Å². The predicted molar refractivity (Wildman–Crippen MR) is 127 cm³/mol. The molecule has 0 aliphatic rings. The lowest BCUT2D eigenvalue weighted by Crippen LogP contribution is -2.38. The molecule has 2 N–H and O–H groups in total. The zero-order valence-corrected chi connectivity index (χ0v) is 19.7. The van der Waals surface area contributed by atoms with Gasteiger partial charge in [-0.15, -0.1) is 24.0 Å². The van der Waals surface area contributed by atoms with Gasteiger partial charge in [0.15, 0.2) is 5.96 Å². The molecule has 0 amide bonds. The highest BCUT2D eigenvalue weighted by Crippen LogP contribution is 2.20. The van der Waals surface area contributed by atoms with Crippen molar-refractivity contribution < 1.29 is 13.9 Å². The van der Waals surface area contributed by atoms with Crippen LogP contribution in [-0.4, -0.2) is 39.9 Å². The molecule has 2 aromatic rings. The van der Waals surface area contributed by atoms with Crippen LogP contribution in [0.2, 0.25) is 0 Å². The van der Waals surface area contributed by atoms with Crippen LogP contribution >= 0.6 is 24.0 Å². The van der Waals surface area contributed by atoms with Gasteiger partial charge in [0.05, 0.1) is 6.61 Å². The maximum atomic E-state index is 13.7. The first-order chi connectivity index (χ1) is 13.6. The normalized spacial score (nSPS) is 11.0. The van der Waals surface area contributed by atoms with Gasteiger partial charge in [-0.2, -0.15) is 0 Å². The largest absolute Gasteiger partial charge is 0.493 e. The molecule has 0 radical (unpaired) electrons. The number of methoxy groups -OCH3 is 1. The third kappa shape index (κ3) is 8.99. The topological polar surface area (TPSA) is 54.9 Å². The van der Waals surface area contributed by atoms with E-state index in [4.69, 9.17) is 9.47 Å². The number of aryl methyl sites for hydroxylation is 1. The number of hydrogen-bond acceptors (Lipinski definition) is 3. The lowest BCUT2D eigenvalue weighted by atomic mass is 10.1. The number of nitrogens with one attached hydrogen (secondary N) is 2. The number of benzene rings is 2. The lowest BCUT2D eigenvalue weighted by molar-refractivity contribution is 0.171. The number of rotatable bonds is 10. The summed E-state index contributed by atoms with van der Waals surface area (Å²) >= 11 is 0. The van der Waals surface area contributed by atoms with E-state index < -0.39 is 0 Å². The molecule has 0 aliphatic heterocycles. The minimum atomic E-state index is -0.179. The average molecular weight is 515 g/mol. The molecule has 0 aromatic heterocycles. The van der Waals surface area contributed by atoms with Crippen molar-refractivity contribution in [3.05, 3.63) is 65.0 Å². The first-order valence-corrected chi connectivity index (χ1v) is 9.53. The highest BCUT2D eigenvalue weighted by atomic mass is 127. The van der Waals surface area contributed by atoms with Crippen LogP contribution in [0.4, 0.5) is 4.39 Å². The van der Waals surface area contributed by atoms with Gasteiger partial charge in [0.25, 0.3) is 0 Å². The van der Waals surface area contributed by atoms with Gasteiger partial charge in [-0.05, 0) is 36.6 Å². The molecule has 0 bridgehead atoms. The number of ether oxygens (including phenoxy) is 2. The number of halogens is 2. The van der Waals surface area contributed by atoms with Crippen molar-refractivity contribution >= 4 is 29.9 Å². The zero-order chi connectivity index (χ0) is 20.2. The minimum Gasteiger partial charge on any atom is -0.493 e. The Kier molecular flexibility index (Phi) is 12.3. The Balaban J connectivity index is 0.00000420. The SMILES string of the molecule is CN=C(NCCc1ccccc1F)NCc1ccc(C)cc1OCCCOC.I. The summed E-state index contributed by atoms with van der Waals surface area (Å²) in [6.45, 7) is 4.51. The molecule has 2 rings (SSSR count). The number of hydrogen-bond donors (Lipinski definition) is 2. The molecule has 5 nitrogen and oxygen atoms in total. The van der Waals surface area contributed by atoms with E-state index in [9.17, 15) is 4.39 Å². The van der Waals surface area contributed by atoms with E-state index in [0.717, 1.165) is 23.3 Å². The van der Waals surface area contributed by atoms with Crippen molar-refractivity contribution in [2.45, 2.75) is 26.3 Å². The van der Waals surface area contributed by atoms with Gasteiger partial charge in [0, 0.05) is 45.8 Å². The summed E-state index contributed by atoms with van der Waals surface area (Å²) in [6, 6.07) is 13.0. The zero-order valence-electron chi connectivity index (χ0n) is 17.3. The second-order valence-electron chi connectivity index (χ2n) is 6.50. The molecule has 2 aromatic carbocycles. The van der Waals surface area contributed by atoms with Crippen molar-refractivity contribution in [2.75, 3.05) is 33.9 Å². The quantitative estimate of drug-likeness (QED) is 0.217. The van der Waals surface area contributed by atoms with Crippen LogP contribution in [0.5, 0.6) is 5.75 Å². The van der Waals surface area contributed by atoms with E-state index in [2.05, 4.69) is 27.8 Å². The Hall–Kier alpha value is -1.87. The highest BCUT2D eigenvalue weighted by Gasteiger charge is 2.07. The second kappa shape index (κ2) is 14.2. The summed E-state index contributed by atoms with van der Waals surface area (Å²) in [7, 11) is 3.41. The monoisotopic (exact) mass is 515 g/mol. The lowest BCUT2D eigenvalue weighted by Gasteiger charge is -2.15. The molecule has 7 heteroatoms. The number of aliphatic imine (C=N–C) groups is 1. The van der Waals surface area contributed by atoms with Crippen LogP contribution in [0.25, 0.3) is 0 Å². The van der Waals surface area contributed by atoms with E-state index in [1.165, 1.54) is 6.07 Å². The predicted octanol–water partition coefficient (Wildman–Crippen LogP) is 4.08. The van der Waals surface area contributed by atoms with Crippen molar-refractivity contribution in [3.8, 4) is 5.75 Å². The van der Waals surface area contributed by atoms with Crippen molar-refractivity contribution in [3.63, 3.8) is 0 Å². The van der Waals surface area contributed by atoms with Gasteiger partial charge < -0.3 is 20.1 Å². The van der Waals surface area contributed by atoms with Crippen molar-refractivity contribution in [2.24, 2.45) is 4.99 Å². The van der Waals surface area contributed by atoms with Gasteiger partial charge in [-0.3, -0.25) is 4.99 Å². The smallest absolute Gasteiger partial charge is 0.191 e. The fourth-order valence-corrected chi connectivity index (χ4v) is 2.74. The maximum Gasteiger partial charge on any atom is 0.191 e. The van der Waals surface area contributed by atoms with E-state index in [-0.39, 0.29) is 29.8 Å². The Morgan fingerprint density at radius 2 is 1.86 bits per heavy atom. The van der Waals surface area contributed by atoms with Crippen LogP contribution in [0.15, 0.2) is 47.5 Å². The number of guanidine groups is 1. The molecular formula is C22H31FIN3O2. The van der Waals surface area contributed by atoms with Crippen molar-refractivity contribution in [1.82, 2.24) is 10.6 Å². The third-order valence-electron chi connectivity index (χ3n) is 4.29. The Labute approximate surface area is 190 Å². The summed E-state index contributed by atoms with van der Waals surface area (Å²) in [5.74, 6) is 1.36. The average Bonchev–Trinajstić information content (AvgIpc) is 2.70. The molecule has 0 spiro atoms. The van der Waals surface area contributed by atoms with Gasteiger partial charge in [0.2, 0.25) is 0 Å².